The molecule has 0 saturated carbocycles. The van der Waals surface area contributed by atoms with E-state index < -0.39 is 6.04 Å². The molecule has 1 rings (SSSR count). The first-order chi connectivity index (χ1) is 8.47. The van der Waals surface area contributed by atoms with Gasteiger partial charge in [-0.1, -0.05) is 37.2 Å². The van der Waals surface area contributed by atoms with Gasteiger partial charge in [-0.25, -0.2) is 14.8 Å². The van der Waals surface area contributed by atoms with Gasteiger partial charge in [-0.05, 0) is 12.2 Å². The van der Waals surface area contributed by atoms with Gasteiger partial charge in [0.1, 0.15) is 17.0 Å². The summed E-state index contributed by atoms with van der Waals surface area (Å²) in [5, 5.41) is 3.91. The minimum Gasteiger partial charge on any atom is -0.467 e. The zero-order valence-electron chi connectivity index (χ0n) is 10.7. The molecular formula is C11H16ClN3O2S. The third-order valence-electron chi connectivity index (χ3n) is 2.28. The number of aromatic nitrogens is 2. The molecule has 1 N–H and O–H groups in total. The van der Waals surface area contributed by atoms with Crippen LogP contribution in [0.4, 0.5) is 5.82 Å². The maximum atomic E-state index is 11.6. The van der Waals surface area contributed by atoms with Crippen LogP contribution in [-0.4, -0.2) is 35.3 Å². The molecule has 0 aliphatic rings. The summed E-state index contributed by atoms with van der Waals surface area (Å²) in [7, 11) is 1.36. The van der Waals surface area contributed by atoms with Gasteiger partial charge in [0, 0.05) is 6.07 Å². The fourth-order valence-electron chi connectivity index (χ4n) is 1.35. The lowest BCUT2D eigenvalue weighted by atomic mass is 10.1. The number of carbonyl (C=O) groups is 1. The lowest BCUT2D eigenvalue weighted by molar-refractivity contribution is -0.142. The van der Waals surface area contributed by atoms with Crippen LogP contribution in [0.3, 0.4) is 0 Å². The summed E-state index contributed by atoms with van der Waals surface area (Å²) in [6.07, 6.45) is 1.86. The number of methoxy groups -OCH3 is 1. The molecule has 0 saturated heterocycles. The maximum Gasteiger partial charge on any atom is 0.328 e. The Bertz CT molecular complexity index is 429. The van der Waals surface area contributed by atoms with Crippen LogP contribution in [0.15, 0.2) is 11.2 Å². The smallest absolute Gasteiger partial charge is 0.328 e. The second kappa shape index (κ2) is 6.80. The summed E-state index contributed by atoms with van der Waals surface area (Å²) >= 11 is 7.27. The minimum atomic E-state index is -0.462. The normalized spacial score (nSPS) is 12.3. The summed E-state index contributed by atoms with van der Waals surface area (Å²) in [4.78, 5) is 19.9. The lowest BCUT2D eigenvalue weighted by Gasteiger charge is -2.20. The van der Waals surface area contributed by atoms with E-state index in [4.69, 9.17) is 16.3 Å². The lowest BCUT2D eigenvalue weighted by Crippen LogP contribution is -2.35. The van der Waals surface area contributed by atoms with Crippen LogP contribution < -0.4 is 5.32 Å². The van der Waals surface area contributed by atoms with Gasteiger partial charge in [-0.3, -0.25) is 0 Å². The first-order valence-corrected chi connectivity index (χ1v) is 7.01. The number of hydrogen-bond donors (Lipinski definition) is 1. The van der Waals surface area contributed by atoms with E-state index in [1.165, 1.54) is 18.9 Å². The topological polar surface area (TPSA) is 64.1 Å². The molecule has 18 heavy (non-hydrogen) atoms. The van der Waals surface area contributed by atoms with Crippen molar-refractivity contribution < 1.29 is 9.53 Å². The van der Waals surface area contributed by atoms with E-state index in [1.807, 2.05) is 20.1 Å². The molecule has 100 valence electrons. The van der Waals surface area contributed by atoms with E-state index in [1.54, 1.807) is 6.07 Å². The quantitative estimate of drug-likeness (QED) is 0.389. The Kier molecular flexibility index (Phi) is 5.68. The summed E-state index contributed by atoms with van der Waals surface area (Å²) in [5.41, 5.74) is 0. The average molecular weight is 290 g/mol. The van der Waals surface area contributed by atoms with Gasteiger partial charge in [-0.15, -0.1) is 0 Å². The van der Waals surface area contributed by atoms with Crippen molar-refractivity contribution in [2.45, 2.75) is 25.0 Å². The number of halogens is 1. The molecule has 1 aromatic rings. The molecule has 0 fully saturated rings. The maximum absolute atomic E-state index is 11.6. The summed E-state index contributed by atoms with van der Waals surface area (Å²) in [6.45, 7) is 3.85. The monoisotopic (exact) mass is 289 g/mol. The molecule has 0 radical (unpaired) electrons. The highest BCUT2D eigenvalue weighted by molar-refractivity contribution is 7.98. The van der Waals surface area contributed by atoms with Crippen LogP contribution in [0.5, 0.6) is 0 Å². The van der Waals surface area contributed by atoms with Gasteiger partial charge >= 0.3 is 5.97 Å². The molecule has 1 unspecified atom stereocenters. The van der Waals surface area contributed by atoms with E-state index in [0.29, 0.717) is 16.1 Å². The fraction of sp³-hybridized carbons (Fsp3) is 0.545. The third kappa shape index (κ3) is 4.03. The molecule has 0 amide bonds. The van der Waals surface area contributed by atoms with E-state index in [0.717, 1.165) is 0 Å². The summed E-state index contributed by atoms with van der Waals surface area (Å²) in [6, 6.07) is 1.12. The Labute approximate surface area is 116 Å². The number of rotatable bonds is 5. The number of nitrogens with one attached hydrogen (secondary N) is 1. The summed E-state index contributed by atoms with van der Waals surface area (Å²) < 4.78 is 4.75. The number of ether oxygens (including phenoxy) is 1. The van der Waals surface area contributed by atoms with Gasteiger partial charge in [0.15, 0.2) is 5.16 Å². The Balaban J connectivity index is 2.93. The van der Waals surface area contributed by atoms with Crippen molar-refractivity contribution >= 4 is 35.1 Å². The van der Waals surface area contributed by atoms with Gasteiger partial charge in [0.2, 0.25) is 0 Å². The SMILES string of the molecule is COC(=O)C(Nc1cc(Cl)nc(SC)n1)C(C)C. The van der Waals surface area contributed by atoms with E-state index >= 15 is 0 Å². The van der Waals surface area contributed by atoms with Crippen LogP contribution in [-0.2, 0) is 9.53 Å². The van der Waals surface area contributed by atoms with Crippen LogP contribution in [0.2, 0.25) is 5.15 Å². The van der Waals surface area contributed by atoms with Crippen molar-refractivity contribution in [2.75, 3.05) is 18.7 Å². The molecule has 1 aromatic heterocycles. The van der Waals surface area contributed by atoms with Crippen molar-refractivity contribution in [3.8, 4) is 0 Å². The zero-order valence-corrected chi connectivity index (χ0v) is 12.3. The number of nitrogens with zero attached hydrogens (tertiary/aromatic N) is 2. The largest absolute Gasteiger partial charge is 0.467 e. The highest BCUT2D eigenvalue weighted by Gasteiger charge is 2.23. The fourth-order valence-corrected chi connectivity index (χ4v) is 1.96. The van der Waals surface area contributed by atoms with Crippen LogP contribution in [0.1, 0.15) is 13.8 Å². The number of anilines is 1. The Hall–Kier alpha value is -1.01. The van der Waals surface area contributed by atoms with Crippen molar-refractivity contribution in [1.29, 1.82) is 0 Å². The number of esters is 1. The van der Waals surface area contributed by atoms with Gasteiger partial charge in [0.05, 0.1) is 7.11 Å². The van der Waals surface area contributed by atoms with Crippen molar-refractivity contribution in [2.24, 2.45) is 5.92 Å². The van der Waals surface area contributed by atoms with Crippen molar-refractivity contribution in [1.82, 2.24) is 9.97 Å². The zero-order chi connectivity index (χ0) is 13.7. The van der Waals surface area contributed by atoms with E-state index in [9.17, 15) is 4.79 Å². The molecule has 1 atom stereocenters. The Morgan fingerprint density at radius 1 is 1.50 bits per heavy atom. The second-order valence-electron chi connectivity index (χ2n) is 3.95. The summed E-state index contributed by atoms with van der Waals surface area (Å²) in [5.74, 6) is 0.262. The van der Waals surface area contributed by atoms with E-state index in [-0.39, 0.29) is 11.9 Å². The minimum absolute atomic E-state index is 0.0731. The molecule has 5 nitrogen and oxygen atoms in total. The number of thioether (sulfide) groups is 1. The van der Waals surface area contributed by atoms with E-state index in [2.05, 4.69) is 15.3 Å². The highest BCUT2D eigenvalue weighted by atomic mass is 35.5. The molecule has 7 heteroatoms. The average Bonchev–Trinajstić information content (AvgIpc) is 2.34. The molecule has 1 heterocycles. The second-order valence-corrected chi connectivity index (χ2v) is 5.11. The van der Waals surface area contributed by atoms with Gasteiger partial charge < -0.3 is 10.1 Å². The molecule has 0 aliphatic heterocycles. The number of carbonyl (C=O) groups excluding carboxylic acids is 1. The number of hydrogen-bond acceptors (Lipinski definition) is 6. The standard InChI is InChI=1S/C11H16ClN3O2S/c1-6(2)9(10(16)17-3)14-8-5-7(12)13-11(15-8)18-4/h5-6,9H,1-4H3,(H,13,14,15). The molecule has 0 bridgehead atoms. The Morgan fingerprint density at radius 3 is 2.67 bits per heavy atom. The first kappa shape index (κ1) is 15.0. The van der Waals surface area contributed by atoms with Crippen LogP contribution in [0, 0.1) is 5.92 Å². The predicted molar refractivity (Wildman–Crippen MR) is 73.1 cm³/mol. The van der Waals surface area contributed by atoms with Crippen LogP contribution >= 0.6 is 23.4 Å². The van der Waals surface area contributed by atoms with Gasteiger partial charge in [0.25, 0.3) is 0 Å². The van der Waals surface area contributed by atoms with Crippen molar-refractivity contribution in [3.05, 3.63) is 11.2 Å². The predicted octanol–water partition coefficient (Wildman–Crippen LogP) is 2.46. The van der Waals surface area contributed by atoms with Crippen molar-refractivity contribution in [3.63, 3.8) is 0 Å². The molecule has 0 aliphatic carbocycles. The first-order valence-electron chi connectivity index (χ1n) is 5.41. The molecular weight excluding hydrogens is 274 g/mol. The molecule has 0 spiro atoms. The van der Waals surface area contributed by atoms with Crippen LogP contribution in [0.25, 0.3) is 0 Å². The Morgan fingerprint density at radius 2 is 2.17 bits per heavy atom. The van der Waals surface area contributed by atoms with Gasteiger partial charge in [-0.2, -0.15) is 0 Å². The molecule has 0 aromatic carbocycles. The third-order valence-corrected chi connectivity index (χ3v) is 3.02. The highest BCUT2D eigenvalue weighted by Crippen LogP contribution is 2.19.